The minimum atomic E-state index is -0.933. The molecule has 2 amide bonds. The quantitative estimate of drug-likeness (QED) is 0.229. The molecule has 2 aromatic carbocycles. The Bertz CT molecular complexity index is 1330. The number of carbonyl (C=O) groups excluding carboxylic acids is 3. The summed E-state index contributed by atoms with van der Waals surface area (Å²) in [6.45, 7) is 0.824. The third-order valence-corrected chi connectivity index (χ3v) is 8.19. The number of halogens is 2. The van der Waals surface area contributed by atoms with E-state index in [0.717, 1.165) is 4.90 Å². The number of benzene rings is 2. The number of oxazole rings is 1. The molecule has 0 unspecified atom stereocenters. The second-order valence-corrected chi connectivity index (χ2v) is 10.4. The van der Waals surface area contributed by atoms with Crippen molar-refractivity contribution in [1.29, 1.82) is 0 Å². The van der Waals surface area contributed by atoms with Gasteiger partial charge in [-0.1, -0.05) is 41.4 Å². The topological polar surface area (TPSA) is 102 Å². The summed E-state index contributed by atoms with van der Waals surface area (Å²) in [4.78, 5) is 45.0. The first kappa shape index (κ1) is 28.0. The molecule has 0 radical (unpaired) electrons. The lowest BCUT2D eigenvalue weighted by Crippen LogP contribution is -2.48. The average Bonchev–Trinajstić information content (AvgIpc) is 3.35. The summed E-state index contributed by atoms with van der Waals surface area (Å²) in [6, 6.07) is 10.0. The number of ether oxygens (including phenoxy) is 1. The van der Waals surface area contributed by atoms with Crippen LogP contribution in [0.5, 0.6) is 0 Å². The molecule has 200 valence electrons. The van der Waals surface area contributed by atoms with Crippen molar-refractivity contribution in [3.63, 3.8) is 0 Å². The van der Waals surface area contributed by atoms with Gasteiger partial charge in [0.1, 0.15) is 11.6 Å². The van der Waals surface area contributed by atoms with Crippen LogP contribution in [-0.4, -0.2) is 60.2 Å². The molecule has 1 saturated heterocycles. The number of esters is 1. The molecular weight excluding hydrogens is 549 g/mol. The molecular formula is C27H27Cl2N3O5S. The molecule has 2 heterocycles. The Morgan fingerprint density at radius 2 is 1.92 bits per heavy atom. The number of fused-ring (bicyclic) bond motifs is 1. The third kappa shape index (κ3) is 6.51. The zero-order valence-electron chi connectivity index (χ0n) is 20.9. The molecule has 3 aromatic rings. The minimum Gasteiger partial charge on any atom is -0.467 e. The fraction of sp³-hybridized carbons (Fsp3) is 0.333. The number of thioether (sulfide) groups is 1. The summed E-state index contributed by atoms with van der Waals surface area (Å²) in [5.41, 5.74) is 1.93. The zero-order valence-corrected chi connectivity index (χ0v) is 23.2. The summed E-state index contributed by atoms with van der Waals surface area (Å²) < 4.78 is 10.6. The van der Waals surface area contributed by atoms with Gasteiger partial charge in [0.15, 0.2) is 11.5 Å². The summed E-state index contributed by atoms with van der Waals surface area (Å²) in [7, 11) is 1.27. The molecule has 38 heavy (non-hydrogen) atoms. The van der Waals surface area contributed by atoms with Gasteiger partial charge in [-0.15, -0.1) is 11.8 Å². The number of hydrogen-bond donors (Lipinski definition) is 1. The van der Waals surface area contributed by atoms with E-state index in [4.69, 9.17) is 32.4 Å². The first-order valence-corrected chi connectivity index (χ1v) is 14.0. The average molecular weight is 577 g/mol. The summed E-state index contributed by atoms with van der Waals surface area (Å²) in [5, 5.41) is 3.64. The maximum atomic E-state index is 13.0. The SMILES string of the molecule is COC(=O)[C@H](Cc1nc2ccccc2o1)NC(=O)C1CCN(C(=O)/C=C/c2ccc(SC)c(Cl)c2Cl)CC1. The molecule has 0 aliphatic carbocycles. The molecule has 1 aliphatic rings. The van der Waals surface area contributed by atoms with Crippen molar-refractivity contribution in [3.05, 3.63) is 64.0 Å². The van der Waals surface area contributed by atoms with Gasteiger partial charge in [0.05, 0.1) is 23.6 Å². The van der Waals surface area contributed by atoms with Crippen molar-refractivity contribution < 1.29 is 23.5 Å². The number of amides is 2. The molecule has 0 spiro atoms. The number of rotatable bonds is 8. The highest BCUT2D eigenvalue weighted by Crippen LogP contribution is 2.35. The summed E-state index contributed by atoms with van der Waals surface area (Å²) in [6.07, 6.45) is 6.03. The number of aromatic nitrogens is 1. The van der Waals surface area contributed by atoms with Gasteiger partial charge in [-0.05, 0) is 48.9 Å². The number of nitrogens with one attached hydrogen (secondary N) is 1. The largest absolute Gasteiger partial charge is 0.467 e. The Morgan fingerprint density at radius 1 is 1.18 bits per heavy atom. The van der Waals surface area contributed by atoms with E-state index in [-0.39, 0.29) is 24.2 Å². The lowest BCUT2D eigenvalue weighted by atomic mass is 9.95. The van der Waals surface area contributed by atoms with Gasteiger partial charge >= 0.3 is 5.97 Å². The van der Waals surface area contributed by atoms with Crippen LogP contribution in [-0.2, 0) is 25.5 Å². The Labute approximate surface area is 234 Å². The lowest BCUT2D eigenvalue weighted by molar-refractivity contribution is -0.146. The van der Waals surface area contributed by atoms with E-state index >= 15 is 0 Å². The van der Waals surface area contributed by atoms with Crippen LogP contribution < -0.4 is 5.32 Å². The van der Waals surface area contributed by atoms with Crippen molar-refractivity contribution >= 4 is 69.9 Å². The maximum Gasteiger partial charge on any atom is 0.328 e. The first-order chi connectivity index (χ1) is 18.3. The highest BCUT2D eigenvalue weighted by molar-refractivity contribution is 7.98. The fourth-order valence-electron chi connectivity index (χ4n) is 4.27. The number of methoxy groups -OCH3 is 1. The monoisotopic (exact) mass is 575 g/mol. The fourth-order valence-corrected chi connectivity index (χ4v) is 5.44. The van der Waals surface area contributed by atoms with E-state index in [1.165, 1.54) is 24.9 Å². The van der Waals surface area contributed by atoms with Gasteiger partial charge in [0.25, 0.3) is 0 Å². The molecule has 1 atom stereocenters. The summed E-state index contributed by atoms with van der Waals surface area (Å²) in [5.74, 6) is -1.03. The van der Waals surface area contributed by atoms with Crippen LogP contribution >= 0.6 is 35.0 Å². The lowest BCUT2D eigenvalue weighted by Gasteiger charge is -2.31. The minimum absolute atomic E-state index is 0.0692. The van der Waals surface area contributed by atoms with Crippen LogP contribution in [0.4, 0.5) is 0 Å². The normalized spacial score (nSPS) is 15.1. The highest BCUT2D eigenvalue weighted by Gasteiger charge is 2.31. The van der Waals surface area contributed by atoms with Gasteiger partial charge in [0.2, 0.25) is 11.8 Å². The van der Waals surface area contributed by atoms with Gasteiger partial charge in [-0.2, -0.15) is 0 Å². The third-order valence-electron chi connectivity index (χ3n) is 6.40. The first-order valence-electron chi connectivity index (χ1n) is 12.0. The van der Waals surface area contributed by atoms with Crippen LogP contribution in [0.2, 0.25) is 10.0 Å². The smallest absolute Gasteiger partial charge is 0.328 e. The van der Waals surface area contributed by atoms with E-state index in [1.54, 1.807) is 17.0 Å². The molecule has 0 bridgehead atoms. The van der Waals surface area contributed by atoms with Gasteiger partial charge in [-0.3, -0.25) is 9.59 Å². The Balaban J connectivity index is 1.33. The molecule has 1 aliphatic heterocycles. The number of carbonyl (C=O) groups is 3. The maximum absolute atomic E-state index is 13.0. The Hall–Kier alpha value is -3.01. The van der Waals surface area contributed by atoms with E-state index in [1.807, 2.05) is 36.6 Å². The highest BCUT2D eigenvalue weighted by atomic mass is 35.5. The molecule has 11 heteroatoms. The van der Waals surface area contributed by atoms with Crippen molar-refractivity contribution in [2.24, 2.45) is 5.92 Å². The van der Waals surface area contributed by atoms with Crippen LogP contribution in [0.25, 0.3) is 17.2 Å². The zero-order chi connectivity index (χ0) is 27.2. The van der Waals surface area contributed by atoms with Crippen LogP contribution in [0.15, 0.2) is 51.8 Å². The predicted molar refractivity (Wildman–Crippen MR) is 148 cm³/mol. The second-order valence-electron chi connectivity index (χ2n) is 8.78. The van der Waals surface area contributed by atoms with Crippen LogP contribution in [0.1, 0.15) is 24.3 Å². The predicted octanol–water partition coefficient (Wildman–Crippen LogP) is 5.01. The van der Waals surface area contributed by atoms with Gasteiger partial charge in [0, 0.05) is 30.0 Å². The number of hydrogen-bond acceptors (Lipinski definition) is 7. The van der Waals surface area contributed by atoms with Gasteiger partial charge in [-0.25, -0.2) is 9.78 Å². The molecule has 0 saturated carbocycles. The molecule has 1 fully saturated rings. The van der Waals surface area contributed by atoms with Crippen molar-refractivity contribution in [3.8, 4) is 0 Å². The van der Waals surface area contributed by atoms with Crippen molar-refractivity contribution in [1.82, 2.24) is 15.2 Å². The number of likely N-dealkylation sites (tertiary alicyclic amines) is 1. The van der Waals surface area contributed by atoms with E-state index in [2.05, 4.69) is 10.3 Å². The standard InChI is InChI=1S/C27H27Cl2N3O5S/c1-36-27(35)19(15-22-30-18-5-3-4-6-20(18)37-22)31-26(34)17-11-13-32(14-12-17)23(33)10-8-16-7-9-21(38-2)25(29)24(16)28/h3-10,17,19H,11-15H2,1-2H3,(H,31,34)/b10-8+/t19-/m0/s1. The van der Waals surface area contributed by atoms with E-state index in [0.29, 0.717) is 58.5 Å². The Morgan fingerprint density at radius 3 is 2.61 bits per heavy atom. The number of nitrogens with zero attached hydrogens (tertiary/aromatic N) is 2. The molecule has 4 rings (SSSR count). The van der Waals surface area contributed by atoms with E-state index < -0.39 is 12.0 Å². The van der Waals surface area contributed by atoms with E-state index in [9.17, 15) is 14.4 Å². The molecule has 1 aromatic heterocycles. The van der Waals surface area contributed by atoms with Crippen LogP contribution in [0.3, 0.4) is 0 Å². The number of para-hydroxylation sites is 2. The van der Waals surface area contributed by atoms with Crippen molar-refractivity contribution in [2.75, 3.05) is 26.5 Å². The molecule has 8 nitrogen and oxygen atoms in total. The molecule has 1 N–H and O–H groups in total. The van der Waals surface area contributed by atoms with Crippen molar-refractivity contribution in [2.45, 2.75) is 30.2 Å². The second kappa shape index (κ2) is 12.7. The Kier molecular flexibility index (Phi) is 9.35. The van der Waals surface area contributed by atoms with Crippen LogP contribution in [0, 0.1) is 5.92 Å². The summed E-state index contributed by atoms with van der Waals surface area (Å²) >= 11 is 14.1. The van der Waals surface area contributed by atoms with Gasteiger partial charge < -0.3 is 19.4 Å². The number of piperidine rings is 1.